The van der Waals surface area contributed by atoms with Crippen molar-refractivity contribution in [3.05, 3.63) is 41.7 Å². The first-order valence-electron chi connectivity index (χ1n) is 7.04. The van der Waals surface area contributed by atoms with Gasteiger partial charge in [0.2, 0.25) is 0 Å². The average molecular weight is 304 g/mol. The molecule has 3 N–H and O–H groups in total. The molecule has 1 fully saturated rings. The minimum atomic E-state index is 0.312. The number of anilines is 3. The second-order valence-corrected chi connectivity index (χ2v) is 5.62. The van der Waals surface area contributed by atoms with Gasteiger partial charge in [0.1, 0.15) is 23.0 Å². The van der Waals surface area contributed by atoms with Crippen molar-refractivity contribution in [2.75, 3.05) is 35.6 Å². The summed E-state index contributed by atoms with van der Waals surface area (Å²) in [7, 11) is 0. The summed E-state index contributed by atoms with van der Waals surface area (Å²) in [6.07, 6.45) is 2.58. The van der Waals surface area contributed by atoms with Gasteiger partial charge < -0.3 is 16.0 Å². The smallest absolute Gasteiger partial charge is 0.150 e. The van der Waals surface area contributed by atoms with E-state index in [1.807, 2.05) is 6.07 Å². The molecular formula is C15H18ClN5. The fraction of sp³-hybridized carbons (Fsp3) is 0.333. The largest absolute Gasteiger partial charge is 0.382 e. The van der Waals surface area contributed by atoms with E-state index < -0.39 is 0 Å². The molecule has 0 unspecified atom stereocenters. The number of hydrogen-bond donors (Lipinski definition) is 2. The van der Waals surface area contributed by atoms with Crippen LogP contribution in [-0.2, 0) is 0 Å². The Morgan fingerprint density at radius 3 is 2.90 bits per heavy atom. The molecule has 0 bridgehead atoms. The van der Waals surface area contributed by atoms with Crippen molar-refractivity contribution in [3.8, 4) is 0 Å². The molecule has 1 atom stereocenters. The van der Waals surface area contributed by atoms with Gasteiger partial charge in [-0.3, -0.25) is 0 Å². The Hall–Kier alpha value is -2.01. The summed E-state index contributed by atoms with van der Waals surface area (Å²) in [4.78, 5) is 10.4. The van der Waals surface area contributed by atoms with Crippen molar-refractivity contribution in [3.63, 3.8) is 0 Å². The van der Waals surface area contributed by atoms with Crippen LogP contribution in [0.4, 0.5) is 17.3 Å². The molecule has 1 aromatic carbocycles. The van der Waals surface area contributed by atoms with Crippen LogP contribution in [0.5, 0.6) is 0 Å². The van der Waals surface area contributed by atoms with Crippen LogP contribution >= 0.6 is 11.6 Å². The molecule has 2 heterocycles. The number of hydrogen-bond acceptors (Lipinski definition) is 5. The average Bonchev–Trinajstić information content (AvgIpc) is 2.99. The highest BCUT2D eigenvalue weighted by Crippen LogP contribution is 2.26. The van der Waals surface area contributed by atoms with Gasteiger partial charge in [-0.1, -0.05) is 29.8 Å². The lowest BCUT2D eigenvalue weighted by molar-refractivity contribution is 0.621. The molecule has 1 aliphatic heterocycles. The number of nitrogens with one attached hydrogen (secondary N) is 1. The molecular weight excluding hydrogens is 286 g/mol. The van der Waals surface area contributed by atoms with Crippen molar-refractivity contribution in [2.45, 2.75) is 6.42 Å². The molecule has 3 rings (SSSR count). The molecule has 1 aliphatic rings. The Morgan fingerprint density at radius 1 is 1.29 bits per heavy atom. The van der Waals surface area contributed by atoms with E-state index >= 15 is 0 Å². The highest BCUT2D eigenvalue weighted by atomic mass is 35.5. The molecule has 2 aromatic rings. The fourth-order valence-corrected chi connectivity index (χ4v) is 2.78. The predicted molar refractivity (Wildman–Crippen MR) is 86.7 cm³/mol. The van der Waals surface area contributed by atoms with Crippen LogP contribution in [0.3, 0.4) is 0 Å². The topological polar surface area (TPSA) is 67.1 Å². The lowest BCUT2D eigenvalue weighted by Gasteiger charge is -2.19. The lowest BCUT2D eigenvalue weighted by Crippen LogP contribution is -2.22. The number of nitrogen functional groups attached to an aromatic ring is 1. The monoisotopic (exact) mass is 303 g/mol. The first kappa shape index (κ1) is 13.9. The Balaban J connectivity index is 1.57. The first-order valence-corrected chi connectivity index (χ1v) is 7.41. The van der Waals surface area contributed by atoms with Gasteiger partial charge in [-0.05, 0) is 24.5 Å². The number of benzene rings is 1. The maximum Gasteiger partial charge on any atom is 0.150 e. The quantitative estimate of drug-likeness (QED) is 0.909. The van der Waals surface area contributed by atoms with Crippen LogP contribution in [0.1, 0.15) is 6.42 Å². The Labute approximate surface area is 129 Å². The van der Waals surface area contributed by atoms with Crippen molar-refractivity contribution in [2.24, 2.45) is 5.92 Å². The Morgan fingerprint density at radius 2 is 2.10 bits per heavy atom. The van der Waals surface area contributed by atoms with Crippen LogP contribution in [-0.4, -0.2) is 29.6 Å². The Kier molecular flexibility index (Phi) is 4.10. The van der Waals surface area contributed by atoms with Crippen molar-refractivity contribution in [1.29, 1.82) is 0 Å². The number of aromatic nitrogens is 2. The van der Waals surface area contributed by atoms with E-state index in [0.717, 1.165) is 26.1 Å². The lowest BCUT2D eigenvalue weighted by atomic mass is 10.1. The van der Waals surface area contributed by atoms with Crippen LogP contribution in [0.2, 0.25) is 5.02 Å². The minimum Gasteiger partial charge on any atom is -0.382 e. The van der Waals surface area contributed by atoms with Gasteiger partial charge in [-0.2, -0.15) is 0 Å². The van der Waals surface area contributed by atoms with Gasteiger partial charge in [0, 0.05) is 25.3 Å². The van der Waals surface area contributed by atoms with Gasteiger partial charge >= 0.3 is 0 Å². The molecule has 6 heteroatoms. The number of halogens is 1. The van der Waals surface area contributed by atoms with Crippen molar-refractivity contribution < 1.29 is 0 Å². The number of nitrogens with two attached hydrogens (primary N) is 1. The van der Waals surface area contributed by atoms with Crippen LogP contribution in [0.25, 0.3) is 0 Å². The van der Waals surface area contributed by atoms with E-state index in [2.05, 4.69) is 44.5 Å². The summed E-state index contributed by atoms with van der Waals surface area (Å²) in [6, 6.07) is 10.5. The van der Waals surface area contributed by atoms with Crippen LogP contribution in [0.15, 0.2) is 36.7 Å². The maximum absolute atomic E-state index is 6.08. The maximum atomic E-state index is 6.08. The third kappa shape index (κ3) is 3.19. The number of rotatable bonds is 4. The molecule has 0 radical (unpaired) electrons. The van der Waals surface area contributed by atoms with E-state index in [4.69, 9.17) is 17.3 Å². The zero-order valence-electron chi connectivity index (χ0n) is 11.7. The minimum absolute atomic E-state index is 0.312. The first-order chi connectivity index (χ1) is 10.2. The van der Waals surface area contributed by atoms with Crippen LogP contribution < -0.4 is 16.0 Å². The molecule has 1 aromatic heterocycles. The summed E-state index contributed by atoms with van der Waals surface area (Å²) < 4.78 is 0. The third-order valence-electron chi connectivity index (χ3n) is 3.78. The second kappa shape index (κ2) is 6.18. The summed E-state index contributed by atoms with van der Waals surface area (Å²) in [5.41, 5.74) is 6.95. The summed E-state index contributed by atoms with van der Waals surface area (Å²) >= 11 is 6.08. The zero-order chi connectivity index (χ0) is 14.7. The number of para-hydroxylation sites is 1. The number of nitrogens with zero attached hydrogens (tertiary/aromatic N) is 3. The zero-order valence-corrected chi connectivity index (χ0v) is 12.4. The molecule has 0 amide bonds. The van der Waals surface area contributed by atoms with Crippen molar-refractivity contribution in [1.82, 2.24) is 9.97 Å². The molecule has 0 saturated carbocycles. The van der Waals surface area contributed by atoms with E-state index in [1.54, 1.807) is 0 Å². The van der Waals surface area contributed by atoms with Crippen LogP contribution in [0, 0.1) is 5.92 Å². The SMILES string of the molecule is Nc1ncnc(NC[C@H]2CCN(c3ccccc3)C2)c1Cl. The second-order valence-electron chi connectivity index (χ2n) is 5.24. The summed E-state index contributed by atoms with van der Waals surface area (Å²) in [6.45, 7) is 2.95. The standard InChI is InChI=1S/C15H18ClN5/c16-13-14(17)19-10-20-15(13)18-8-11-6-7-21(9-11)12-4-2-1-3-5-12/h1-5,10-11H,6-9H2,(H3,17,18,19,20)/t11-/m1/s1. The van der Waals surface area contributed by atoms with E-state index in [-0.39, 0.29) is 0 Å². The van der Waals surface area contributed by atoms with E-state index in [9.17, 15) is 0 Å². The summed E-state index contributed by atoms with van der Waals surface area (Å²) in [5.74, 6) is 1.49. The Bertz CT molecular complexity index is 604. The van der Waals surface area contributed by atoms with Gasteiger partial charge in [0.05, 0.1) is 0 Å². The van der Waals surface area contributed by atoms with E-state index in [0.29, 0.717) is 22.6 Å². The molecule has 0 spiro atoms. The fourth-order valence-electron chi connectivity index (χ4n) is 2.62. The molecule has 110 valence electrons. The normalized spacial score (nSPS) is 18.0. The van der Waals surface area contributed by atoms with E-state index in [1.165, 1.54) is 12.0 Å². The molecule has 1 saturated heterocycles. The predicted octanol–water partition coefficient (Wildman–Crippen LogP) is 2.65. The van der Waals surface area contributed by atoms with Crippen molar-refractivity contribution >= 4 is 28.9 Å². The summed E-state index contributed by atoms with van der Waals surface area (Å²) in [5, 5.41) is 3.68. The van der Waals surface area contributed by atoms with Gasteiger partial charge in [0.15, 0.2) is 0 Å². The highest BCUT2D eigenvalue weighted by molar-refractivity contribution is 6.35. The van der Waals surface area contributed by atoms with Gasteiger partial charge in [-0.15, -0.1) is 0 Å². The molecule has 5 nitrogen and oxygen atoms in total. The van der Waals surface area contributed by atoms with Gasteiger partial charge in [0.25, 0.3) is 0 Å². The molecule has 0 aliphatic carbocycles. The van der Waals surface area contributed by atoms with Gasteiger partial charge in [-0.25, -0.2) is 9.97 Å². The third-order valence-corrected chi connectivity index (χ3v) is 4.15. The molecule has 21 heavy (non-hydrogen) atoms. The highest BCUT2D eigenvalue weighted by Gasteiger charge is 2.22.